The lowest BCUT2D eigenvalue weighted by atomic mass is 10.1. The first-order chi connectivity index (χ1) is 12.5. The predicted octanol–water partition coefficient (Wildman–Crippen LogP) is 4.21. The average molecular weight is 386 g/mol. The summed E-state index contributed by atoms with van der Waals surface area (Å²) in [5.74, 6) is -0.826. The molecule has 1 N–H and O–H groups in total. The molecule has 0 aliphatic rings. The third-order valence-corrected chi connectivity index (χ3v) is 5.51. The molecule has 5 nitrogen and oxygen atoms in total. The molecular formula is C19H18N2O3S2. The molecule has 0 saturated carbocycles. The van der Waals surface area contributed by atoms with Gasteiger partial charge in [-0.25, -0.2) is 4.98 Å². The smallest absolute Gasteiger partial charge is 0.312 e. The van der Waals surface area contributed by atoms with E-state index in [1.165, 1.54) is 11.3 Å². The molecule has 7 heteroatoms. The second-order valence-corrected chi connectivity index (χ2v) is 7.43. The van der Waals surface area contributed by atoms with E-state index in [0.717, 1.165) is 27.4 Å². The number of rotatable bonds is 6. The van der Waals surface area contributed by atoms with Gasteiger partial charge in [-0.05, 0) is 42.5 Å². The van der Waals surface area contributed by atoms with Crippen molar-refractivity contribution >= 4 is 40.2 Å². The first kappa shape index (κ1) is 18.3. The molecule has 134 valence electrons. The molecule has 0 saturated heterocycles. The van der Waals surface area contributed by atoms with Gasteiger partial charge in [-0.2, -0.15) is 11.3 Å². The van der Waals surface area contributed by atoms with E-state index in [1.807, 2.05) is 54.3 Å². The lowest BCUT2D eigenvalue weighted by molar-refractivity contribution is -0.146. The third kappa shape index (κ3) is 4.56. The molecule has 3 rings (SSSR count). The molecule has 1 amide bonds. The SMILES string of the molecule is Cc1cccc(NC(=O)COC(=O)Cc2csc(-c3ccsc3)n2)c1C. The fraction of sp³-hybridized carbons (Fsp3) is 0.211. The molecular weight excluding hydrogens is 368 g/mol. The fourth-order valence-corrected chi connectivity index (χ4v) is 3.86. The number of thiazole rings is 1. The zero-order valence-electron chi connectivity index (χ0n) is 14.4. The Kier molecular flexibility index (Phi) is 5.80. The van der Waals surface area contributed by atoms with Crippen LogP contribution in [0.15, 0.2) is 40.4 Å². The van der Waals surface area contributed by atoms with Gasteiger partial charge in [-0.15, -0.1) is 11.3 Å². The minimum atomic E-state index is -0.469. The number of nitrogens with zero attached hydrogens (tertiary/aromatic N) is 1. The molecule has 0 unspecified atom stereocenters. The van der Waals surface area contributed by atoms with Crippen molar-refractivity contribution in [2.24, 2.45) is 0 Å². The number of carbonyl (C=O) groups is 2. The zero-order chi connectivity index (χ0) is 18.5. The van der Waals surface area contributed by atoms with Crippen molar-refractivity contribution in [3.63, 3.8) is 0 Å². The minimum absolute atomic E-state index is 0.0530. The maximum absolute atomic E-state index is 12.0. The van der Waals surface area contributed by atoms with Gasteiger partial charge in [-0.3, -0.25) is 9.59 Å². The number of aryl methyl sites for hydroxylation is 1. The number of carbonyl (C=O) groups excluding carboxylic acids is 2. The molecule has 0 aliphatic carbocycles. The van der Waals surface area contributed by atoms with Crippen molar-refractivity contribution in [2.45, 2.75) is 20.3 Å². The van der Waals surface area contributed by atoms with Gasteiger partial charge in [0, 0.05) is 22.0 Å². The summed E-state index contributed by atoms with van der Waals surface area (Å²) in [4.78, 5) is 28.4. The number of nitrogens with one attached hydrogen (secondary N) is 1. The molecule has 0 atom stereocenters. The average Bonchev–Trinajstić information content (AvgIpc) is 3.28. The molecule has 26 heavy (non-hydrogen) atoms. The quantitative estimate of drug-likeness (QED) is 0.644. The van der Waals surface area contributed by atoms with Crippen molar-refractivity contribution in [3.05, 3.63) is 57.2 Å². The Labute approximate surface area is 159 Å². The Morgan fingerprint density at radius 3 is 2.81 bits per heavy atom. The number of hydrogen-bond donors (Lipinski definition) is 1. The molecule has 3 aromatic rings. The maximum atomic E-state index is 12.0. The Hall–Kier alpha value is -2.51. The van der Waals surface area contributed by atoms with E-state index in [1.54, 1.807) is 11.3 Å². The maximum Gasteiger partial charge on any atom is 0.312 e. The summed E-state index contributed by atoms with van der Waals surface area (Å²) < 4.78 is 5.07. The summed E-state index contributed by atoms with van der Waals surface area (Å²) in [6.45, 7) is 3.60. The fourth-order valence-electron chi connectivity index (χ4n) is 2.32. The molecule has 1 aromatic carbocycles. The van der Waals surface area contributed by atoms with Crippen molar-refractivity contribution < 1.29 is 14.3 Å². The van der Waals surface area contributed by atoms with E-state index in [9.17, 15) is 9.59 Å². The largest absolute Gasteiger partial charge is 0.455 e. The Bertz CT molecular complexity index is 917. The van der Waals surface area contributed by atoms with Crippen molar-refractivity contribution in [1.82, 2.24) is 4.98 Å². The molecule has 2 aromatic heterocycles. The van der Waals surface area contributed by atoms with Gasteiger partial charge in [0.15, 0.2) is 6.61 Å². The van der Waals surface area contributed by atoms with Crippen LogP contribution in [0.4, 0.5) is 5.69 Å². The van der Waals surface area contributed by atoms with Crippen LogP contribution in [-0.2, 0) is 20.7 Å². The Morgan fingerprint density at radius 1 is 1.19 bits per heavy atom. The minimum Gasteiger partial charge on any atom is -0.455 e. The number of benzene rings is 1. The third-order valence-electron chi connectivity index (χ3n) is 3.89. The summed E-state index contributed by atoms with van der Waals surface area (Å²) in [6.07, 6.45) is 0.0530. The molecule has 0 spiro atoms. The highest BCUT2D eigenvalue weighted by Gasteiger charge is 2.13. The van der Waals surface area contributed by atoms with Gasteiger partial charge in [0.25, 0.3) is 5.91 Å². The van der Waals surface area contributed by atoms with E-state index in [2.05, 4.69) is 10.3 Å². The van der Waals surface area contributed by atoms with Crippen molar-refractivity contribution in [1.29, 1.82) is 0 Å². The molecule has 0 radical (unpaired) electrons. The highest BCUT2D eigenvalue weighted by atomic mass is 32.1. The summed E-state index contributed by atoms with van der Waals surface area (Å²) in [7, 11) is 0. The number of amides is 1. The van der Waals surface area contributed by atoms with Gasteiger partial charge in [0.1, 0.15) is 5.01 Å². The van der Waals surface area contributed by atoms with Crippen LogP contribution in [-0.4, -0.2) is 23.5 Å². The number of aromatic nitrogens is 1. The number of thiophene rings is 1. The molecule has 0 aliphatic heterocycles. The summed E-state index contributed by atoms with van der Waals surface area (Å²) in [5.41, 5.74) is 4.51. The van der Waals surface area contributed by atoms with Crippen LogP contribution in [0.2, 0.25) is 0 Å². The predicted molar refractivity (Wildman–Crippen MR) is 105 cm³/mol. The number of ether oxygens (including phenoxy) is 1. The van der Waals surface area contributed by atoms with Crippen LogP contribution >= 0.6 is 22.7 Å². The lowest BCUT2D eigenvalue weighted by Gasteiger charge is -2.10. The van der Waals surface area contributed by atoms with Gasteiger partial charge in [-0.1, -0.05) is 12.1 Å². The van der Waals surface area contributed by atoms with Gasteiger partial charge < -0.3 is 10.1 Å². The van der Waals surface area contributed by atoms with E-state index < -0.39 is 5.97 Å². The normalized spacial score (nSPS) is 10.5. The van der Waals surface area contributed by atoms with Crippen molar-refractivity contribution in [3.8, 4) is 10.6 Å². The molecule has 0 bridgehead atoms. The van der Waals surface area contributed by atoms with Crippen LogP contribution in [0.3, 0.4) is 0 Å². The highest BCUT2D eigenvalue weighted by Crippen LogP contribution is 2.25. The second kappa shape index (κ2) is 8.25. The molecule has 0 fully saturated rings. The topological polar surface area (TPSA) is 68.3 Å². The first-order valence-corrected chi connectivity index (χ1v) is 9.84. The van der Waals surface area contributed by atoms with Crippen molar-refractivity contribution in [2.75, 3.05) is 11.9 Å². The van der Waals surface area contributed by atoms with Gasteiger partial charge >= 0.3 is 5.97 Å². The van der Waals surface area contributed by atoms with E-state index in [4.69, 9.17) is 4.74 Å². The van der Waals surface area contributed by atoms with E-state index >= 15 is 0 Å². The number of esters is 1. The van der Waals surface area contributed by atoms with Crippen LogP contribution in [0.5, 0.6) is 0 Å². The van der Waals surface area contributed by atoms with Crippen LogP contribution < -0.4 is 5.32 Å². The number of anilines is 1. The summed E-state index contributed by atoms with van der Waals surface area (Å²) in [6, 6.07) is 7.66. The second-order valence-electron chi connectivity index (χ2n) is 5.79. The Balaban J connectivity index is 1.49. The Morgan fingerprint density at radius 2 is 2.04 bits per heavy atom. The summed E-state index contributed by atoms with van der Waals surface area (Å²) in [5, 5.41) is 9.48. The van der Waals surface area contributed by atoms with Crippen LogP contribution in [0, 0.1) is 13.8 Å². The van der Waals surface area contributed by atoms with E-state index in [-0.39, 0.29) is 18.9 Å². The number of hydrogen-bond acceptors (Lipinski definition) is 6. The molecule has 2 heterocycles. The standard InChI is InChI=1S/C19H18N2O3S2/c1-12-4-3-5-16(13(12)2)21-17(22)9-24-18(23)8-15-11-26-19(20-15)14-6-7-25-10-14/h3-7,10-11H,8-9H2,1-2H3,(H,21,22). The van der Waals surface area contributed by atoms with Gasteiger partial charge in [0.05, 0.1) is 12.1 Å². The zero-order valence-corrected chi connectivity index (χ0v) is 16.1. The summed E-state index contributed by atoms with van der Waals surface area (Å²) >= 11 is 3.09. The van der Waals surface area contributed by atoms with Crippen LogP contribution in [0.1, 0.15) is 16.8 Å². The lowest BCUT2D eigenvalue weighted by Crippen LogP contribution is -2.22. The monoisotopic (exact) mass is 386 g/mol. The first-order valence-electron chi connectivity index (χ1n) is 8.01. The highest BCUT2D eigenvalue weighted by molar-refractivity contribution is 7.14. The van der Waals surface area contributed by atoms with Gasteiger partial charge in [0.2, 0.25) is 0 Å². The van der Waals surface area contributed by atoms with E-state index in [0.29, 0.717) is 5.69 Å². The van der Waals surface area contributed by atoms with Crippen LogP contribution in [0.25, 0.3) is 10.6 Å².